The number of aryl methyl sites for hydroxylation is 1. The number of imide groups is 1. The maximum Gasteiger partial charge on any atom is 0.318 e. The second-order valence-electron chi connectivity index (χ2n) is 3.66. The van der Waals surface area contributed by atoms with Crippen molar-refractivity contribution >= 4 is 27.5 Å². The Hall–Kier alpha value is -2.09. The normalized spacial score (nSPS) is 10.9. The molecule has 0 bridgehead atoms. The second-order valence-corrected chi connectivity index (χ2v) is 5.62. The van der Waals surface area contributed by atoms with Crippen LogP contribution in [0.1, 0.15) is 5.56 Å². The van der Waals surface area contributed by atoms with Crippen LogP contribution in [0.5, 0.6) is 0 Å². The number of hydrogen-bond acceptors (Lipinski definition) is 5. The molecule has 1 rings (SSSR count). The lowest BCUT2D eigenvalue weighted by molar-refractivity contribution is -0.117. The van der Waals surface area contributed by atoms with Crippen molar-refractivity contribution in [3.8, 4) is 0 Å². The predicted octanol–water partition coefficient (Wildman–Crippen LogP) is -0.454. The minimum absolute atomic E-state index is 0.0874. The highest BCUT2D eigenvalue weighted by Gasteiger charge is 2.22. The number of anilines is 1. The van der Waals surface area contributed by atoms with E-state index in [-0.39, 0.29) is 10.6 Å². The zero-order valence-electron chi connectivity index (χ0n) is 9.64. The molecule has 7 nitrogen and oxygen atoms in total. The van der Waals surface area contributed by atoms with Gasteiger partial charge in [-0.05, 0) is 18.6 Å². The van der Waals surface area contributed by atoms with Crippen molar-refractivity contribution in [2.45, 2.75) is 11.8 Å². The summed E-state index contributed by atoms with van der Waals surface area (Å²) in [5.74, 6) is -1.88. The number of nitrogens with one attached hydrogen (secondary N) is 1. The van der Waals surface area contributed by atoms with E-state index in [1.54, 1.807) is 18.3 Å². The number of urea groups is 1. The summed E-state index contributed by atoms with van der Waals surface area (Å²) < 4.78 is 23.8. The van der Waals surface area contributed by atoms with E-state index in [1.165, 1.54) is 12.1 Å². The molecule has 0 aliphatic heterocycles. The fourth-order valence-corrected chi connectivity index (χ4v) is 2.70. The number of rotatable bonds is 3. The number of benzene rings is 1. The fraction of sp³-hybridized carbons (Fsp3) is 0.200. The highest BCUT2D eigenvalue weighted by molar-refractivity contribution is 7.92. The molecule has 0 spiro atoms. The van der Waals surface area contributed by atoms with Crippen molar-refractivity contribution in [2.24, 2.45) is 5.73 Å². The molecule has 0 radical (unpaired) electrons. The topological polar surface area (TPSA) is 132 Å². The lowest BCUT2D eigenvalue weighted by Crippen LogP contribution is -2.38. The van der Waals surface area contributed by atoms with Crippen LogP contribution < -0.4 is 16.8 Å². The highest BCUT2D eigenvalue weighted by atomic mass is 32.2. The molecule has 1 aromatic rings. The van der Waals surface area contributed by atoms with Crippen LogP contribution in [-0.4, -0.2) is 26.1 Å². The summed E-state index contributed by atoms with van der Waals surface area (Å²) in [6, 6.07) is 3.37. The molecule has 5 N–H and O–H groups in total. The van der Waals surface area contributed by atoms with Crippen LogP contribution in [0, 0.1) is 6.92 Å². The Morgan fingerprint density at radius 2 is 1.94 bits per heavy atom. The van der Waals surface area contributed by atoms with Gasteiger partial charge in [0.25, 0.3) is 0 Å². The molecule has 1 aromatic carbocycles. The minimum atomic E-state index is -3.90. The first-order valence-corrected chi connectivity index (χ1v) is 6.56. The first-order chi connectivity index (χ1) is 8.24. The van der Waals surface area contributed by atoms with Gasteiger partial charge in [-0.15, -0.1) is 0 Å². The molecule has 0 aromatic heterocycles. The van der Waals surface area contributed by atoms with Crippen molar-refractivity contribution in [1.82, 2.24) is 5.32 Å². The van der Waals surface area contributed by atoms with Crippen LogP contribution in [0.15, 0.2) is 23.1 Å². The van der Waals surface area contributed by atoms with E-state index >= 15 is 0 Å². The van der Waals surface area contributed by atoms with E-state index in [4.69, 9.17) is 11.5 Å². The lowest BCUT2D eigenvalue weighted by Gasteiger charge is -2.08. The van der Waals surface area contributed by atoms with Gasteiger partial charge in [-0.25, -0.2) is 13.2 Å². The number of carbonyl (C=O) groups excluding carboxylic acids is 2. The largest absolute Gasteiger partial charge is 0.397 e. The van der Waals surface area contributed by atoms with Crippen LogP contribution >= 0.6 is 0 Å². The average Bonchev–Trinajstić information content (AvgIpc) is 2.19. The second kappa shape index (κ2) is 5.05. The molecular formula is C10H13N3O4S. The van der Waals surface area contributed by atoms with E-state index in [2.05, 4.69) is 0 Å². The van der Waals surface area contributed by atoms with Gasteiger partial charge in [0.15, 0.2) is 9.84 Å². The number of hydrogen-bond donors (Lipinski definition) is 3. The summed E-state index contributed by atoms with van der Waals surface area (Å²) in [4.78, 5) is 21.5. The number of amides is 3. The standard InChI is InChI=1S/C10H13N3O4S/c1-6-3-2-4-7(9(6)11)18(16,17)5-8(14)13-10(12)15/h2-4H,5,11H2,1H3,(H3,12,13,14,15). The number of sulfone groups is 1. The smallest absolute Gasteiger partial charge is 0.318 e. The Kier molecular flexibility index (Phi) is 3.92. The lowest BCUT2D eigenvalue weighted by atomic mass is 10.2. The summed E-state index contributed by atoms with van der Waals surface area (Å²) in [6.07, 6.45) is 0. The van der Waals surface area contributed by atoms with Gasteiger partial charge in [0.1, 0.15) is 5.75 Å². The molecular weight excluding hydrogens is 258 g/mol. The van der Waals surface area contributed by atoms with Crippen molar-refractivity contribution < 1.29 is 18.0 Å². The van der Waals surface area contributed by atoms with Gasteiger partial charge in [0.05, 0.1) is 10.6 Å². The molecule has 0 unspecified atom stereocenters. The molecule has 0 heterocycles. The van der Waals surface area contributed by atoms with Crippen LogP contribution in [0.4, 0.5) is 10.5 Å². The Balaban J connectivity index is 3.04. The predicted molar refractivity (Wildman–Crippen MR) is 65.4 cm³/mol. The Morgan fingerprint density at radius 1 is 1.33 bits per heavy atom. The van der Waals surface area contributed by atoms with E-state index in [1.807, 2.05) is 0 Å². The Bertz CT molecular complexity index is 595. The third-order valence-corrected chi connectivity index (χ3v) is 3.87. The number of nitrogens with two attached hydrogens (primary N) is 2. The monoisotopic (exact) mass is 271 g/mol. The summed E-state index contributed by atoms with van der Waals surface area (Å²) >= 11 is 0. The maximum atomic E-state index is 11.9. The molecule has 0 saturated carbocycles. The third kappa shape index (κ3) is 3.20. The molecule has 8 heteroatoms. The van der Waals surface area contributed by atoms with Crippen LogP contribution in [0.25, 0.3) is 0 Å². The SMILES string of the molecule is Cc1cccc(S(=O)(=O)CC(=O)NC(N)=O)c1N. The Labute approximate surface area is 104 Å². The van der Waals surface area contributed by atoms with Crippen molar-refractivity contribution in [3.05, 3.63) is 23.8 Å². The van der Waals surface area contributed by atoms with E-state index in [0.29, 0.717) is 5.56 Å². The van der Waals surface area contributed by atoms with Crippen molar-refractivity contribution in [3.63, 3.8) is 0 Å². The molecule has 0 saturated heterocycles. The highest BCUT2D eigenvalue weighted by Crippen LogP contribution is 2.22. The summed E-state index contributed by atoms with van der Waals surface area (Å²) in [6.45, 7) is 1.65. The number of carbonyl (C=O) groups is 2. The van der Waals surface area contributed by atoms with Gasteiger partial charge in [-0.3, -0.25) is 10.1 Å². The van der Waals surface area contributed by atoms with Gasteiger partial charge in [-0.1, -0.05) is 12.1 Å². The molecule has 0 atom stereocenters. The van der Waals surface area contributed by atoms with Gasteiger partial charge in [-0.2, -0.15) is 0 Å². The first kappa shape index (κ1) is 14.0. The van der Waals surface area contributed by atoms with Gasteiger partial charge in [0.2, 0.25) is 5.91 Å². The zero-order valence-corrected chi connectivity index (χ0v) is 10.5. The summed E-state index contributed by atoms with van der Waals surface area (Å²) in [7, 11) is -3.90. The van der Waals surface area contributed by atoms with E-state index < -0.39 is 27.5 Å². The zero-order chi connectivity index (χ0) is 13.9. The van der Waals surface area contributed by atoms with E-state index in [0.717, 1.165) is 0 Å². The molecule has 18 heavy (non-hydrogen) atoms. The first-order valence-electron chi connectivity index (χ1n) is 4.91. The maximum absolute atomic E-state index is 11.9. The van der Waals surface area contributed by atoms with Crippen LogP contribution in [0.2, 0.25) is 0 Å². The molecule has 3 amide bonds. The van der Waals surface area contributed by atoms with E-state index in [9.17, 15) is 18.0 Å². The van der Waals surface area contributed by atoms with Crippen LogP contribution in [-0.2, 0) is 14.6 Å². The average molecular weight is 271 g/mol. The number of primary amides is 1. The molecule has 0 aliphatic rings. The van der Waals surface area contributed by atoms with Crippen LogP contribution in [0.3, 0.4) is 0 Å². The molecule has 0 fully saturated rings. The van der Waals surface area contributed by atoms with Gasteiger partial charge < -0.3 is 11.5 Å². The minimum Gasteiger partial charge on any atom is -0.397 e. The number of para-hydroxylation sites is 1. The quantitative estimate of drug-likeness (QED) is 0.640. The number of nitrogen functional groups attached to an aromatic ring is 1. The van der Waals surface area contributed by atoms with Gasteiger partial charge in [0, 0.05) is 0 Å². The van der Waals surface area contributed by atoms with Crippen molar-refractivity contribution in [1.29, 1.82) is 0 Å². The van der Waals surface area contributed by atoms with Gasteiger partial charge >= 0.3 is 6.03 Å². The summed E-state index contributed by atoms with van der Waals surface area (Å²) in [5.41, 5.74) is 11.0. The van der Waals surface area contributed by atoms with Crippen molar-refractivity contribution in [2.75, 3.05) is 11.5 Å². The fourth-order valence-electron chi connectivity index (χ4n) is 1.35. The Morgan fingerprint density at radius 3 is 2.50 bits per heavy atom. The molecule has 0 aliphatic carbocycles. The molecule has 98 valence electrons. The third-order valence-electron chi connectivity index (χ3n) is 2.20. The summed E-state index contributed by atoms with van der Waals surface area (Å²) in [5, 5.41) is 1.68.